The van der Waals surface area contributed by atoms with Crippen LogP contribution in [0.4, 0.5) is 5.13 Å². The fraction of sp³-hybridized carbons (Fsp3) is 0.304. The summed E-state index contributed by atoms with van der Waals surface area (Å²) in [4.78, 5) is 18.3. The number of ether oxygens (including phenoxy) is 1. The van der Waals surface area contributed by atoms with Crippen molar-refractivity contribution in [1.82, 2.24) is 4.98 Å². The molecule has 0 aliphatic heterocycles. The van der Waals surface area contributed by atoms with Crippen molar-refractivity contribution in [2.24, 2.45) is 0 Å². The number of benzene rings is 2. The van der Waals surface area contributed by atoms with E-state index >= 15 is 0 Å². The highest BCUT2D eigenvalue weighted by molar-refractivity contribution is 7.16. The Morgan fingerprint density at radius 1 is 1.11 bits per heavy atom. The molecule has 1 aromatic heterocycles. The number of aromatic nitrogens is 1. The molecule has 0 fully saturated rings. The average Bonchev–Trinajstić information content (AvgIpc) is 3.06. The second-order valence-corrected chi connectivity index (χ2v) is 8.23. The van der Waals surface area contributed by atoms with Gasteiger partial charge in [-0.1, -0.05) is 45.0 Å². The number of carbonyl (C=O) groups is 1. The minimum absolute atomic E-state index is 0.169. The Labute approximate surface area is 170 Å². The zero-order valence-corrected chi connectivity index (χ0v) is 17.6. The molecular weight excluding hydrogens is 368 g/mol. The molecule has 0 saturated carbocycles. The van der Waals surface area contributed by atoms with Crippen molar-refractivity contribution >= 4 is 22.4 Å². The Balaban J connectivity index is 1.71. The molecule has 1 heterocycles. The largest absolute Gasteiger partial charge is 0.494 e. The highest BCUT2D eigenvalue weighted by Crippen LogP contribution is 2.31. The van der Waals surface area contributed by atoms with Crippen LogP contribution in [-0.4, -0.2) is 17.5 Å². The lowest BCUT2D eigenvalue weighted by Gasteiger charge is -2.06. The smallest absolute Gasteiger partial charge is 0.257 e. The molecule has 3 rings (SSSR count). The van der Waals surface area contributed by atoms with E-state index in [1.165, 1.54) is 16.9 Å². The van der Waals surface area contributed by atoms with E-state index in [-0.39, 0.29) is 5.91 Å². The molecule has 3 aromatic rings. The molecule has 0 aliphatic rings. The number of anilines is 1. The highest BCUT2D eigenvalue weighted by atomic mass is 32.1. The van der Waals surface area contributed by atoms with Gasteiger partial charge in [0.25, 0.3) is 5.91 Å². The van der Waals surface area contributed by atoms with E-state index in [9.17, 15) is 4.79 Å². The number of aryl methyl sites for hydroxylation is 1. The first-order chi connectivity index (χ1) is 13.5. The van der Waals surface area contributed by atoms with E-state index in [0.29, 0.717) is 23.2 Å². The van der Waals surface area contributed by atoms with Gasteiger partial charge in [-0.2, -0.15) is 0 Å². The summed E-state index contributed by atoms with van der Waals surface area (Å²) in [5.41, 5.74) is 3.87. The van der Waals surface area contributed by atoms with Crippen molar-refractivity contribution in [3.8, 4) is 17.0 Å². The second-order valence-electron chi connectivity index (χ2n) is 7.03. The standard InChI is InChI=1S/C23H26N2O2S/c1-5-14-27-20-12-10-19(11-13-20)22(26)25-23-24-21(16(4)28-23)18-8-6-17(7-9-18)15(2)3/h6-13,15H,5,14H2,1-4H3,(H,24,25,26). The van der Waals surface area contributed by atoms with E-state index in [4.69, 9.17) is 4.74 Å². The topological polar surface area (TPSA) is 51.2 Å². The van der Waals surface area contributed by atoms with Gasteiger partial charge < -0.3 is 4.74 Å². The molecule has 0 aliphatic carbocycles. The average molecular weight is 395 g/mol. The second kappa shape index (κ2) is 9.02. The summed E-state index contributed by atoms with van der Waals surface area (Å²) in [5, 5.41) is 3.52. The first-order valence-electron chi connectivity index (χ1n) is 9.60. The molecule has 0 spiro atoms. The van der Waals surface area contributed by atoms with Gasteiger partial charge in [0.15, 0.2) is 5.13 Å². The van der Waals surface area contributed by atoms with Gasteiger partial charge in [-0.25, -0.2) is 4.98 Å². The number of nitrogens with zero attached hydrogens (tertiary/aromatic N) is 1. The number of thiazole rings is 1. The summed E-state index contributed by atoms with van der Waals surface area (Å²) in [6.07, 6.45) is 0.953. The van der Waals surface area contributed by atoms with Gasteiger partial charge in [-0.15, -0.1) is 11.3 Å². The van der Waals surface area contributed by atoms with Gasteiger partial charge >= 0.3 is 0 Å². The molecule has 28 heavy (non-hydrogen) atoms. The first-order valence-corrected chi connectivity index (χ1v) is 10.4. The maximum absolute atomic E-state index is 12.5. The molecule has 5 heteroatoms. The van der Waals surface area contributed by atoms with Crippen molar-refractivity contribution in [1.29, 1.82) is 0 Å². The predicted molar refractivity (Wildman–Crippen MR) is 117 cm³/mol. The van der Waals surface area contributed by atoms with E-state index in [1.807, 2.05) is 19.1 Å². The summed E-state index contributed by atoms with van der Waals surface area (Å²) in [6, 6.07) is 15.6. The fourth-order valence-corrected chi connectivity index (χ4v) is 3.67. The number of carbonyl (C=O) groups excluding carboxylic acids is 1. The van der Waals surface area contributed by atoms with Gasteiger partial charge in [-0.3, -0.25) is 10.1 Å². The summed E-state index contributed by atoms with van der Waals surface area (Å²) in [5.74, 6) is 1.10. The Bertz CT molecular complexity index is 928. The Kier molecular flexibility index (Phi) is 6.47. The third-order valence-corrected chi connectivity index (χ3v) is 5.34. The molecule has 4 nitrogen and oxygen atoms in total. The molecule has 0 unspecified atom stereocenters. The molecule has 0 bridgehead atoms. The lowest BCUT2D eigenvalue weighted by Crippen LogP contribution is -2.11. The van der Waals surface area contributed by atoms with Crippen LogP contribution in [0.1, 0.15) is 53.9 Å². The van der Waals surface area contributed by atoms with Crippen LogP contribution in [-0.2, 0) is 0 Å². The summed E-state index contributed by atoms with van der Waals surface area (Å²) in [7, 11) is 0. The van der Waals surface area contributed by atoms with Gasteiger partial charge in [-0.05, 0) is 49.1 Å². The van der Waals surface area contributed by atoms with E-state index in [2.05, 4.69) is 55.3 Å². The maximum atomic E-state index is 12.5. The third-order valence-electron chi connectivity index (χ3n) is 4.46. The molecule has 146 valence electrons. The van der Waals surface area contributed by atoms with Crippen LogP contribution in [0.15, 0.2) is 48.5 Å². The van der Waals surface area contributed by atoms with Crippen LogP contribution >= 0.6 is 11.3 Å². The SMILES string of the molecule is CCCOc1ccc(C(=O)Nc2nc(-c3ccc(C(C)C)cc3)c(C)s2)cc1. The molecule has 1 amide bonds. The van der Waals surface area contributed by atoms with Gasteiger partial charge in [0.1, 0.15) is 5.75 Å². The third kappa shape index (κ3) is 4.78. The lowest BCUT2D eigenvalue weighted by molar-refractivity contribution is 0.102. The lowest BCUT2D eigenvalue weighted by atomic mass is 10.0. The van der Waals surface area contributed by atoms with Gasteiger partial charge in [0.05, 0.1) is 12.3 Å². The zero-order chi connectivity index (χ0) is 20.1. The normalized spacial score (nSPS) is 10.9. The van der Waals surface area contributed by atoms with Gasteiger partial charge in [0, 0.05) is 16.0 Å². The molecular formula is C23H26N2O2S. The van der Waals surface area contributed by atoms with E-state index < -0.39 is 0 Å². The minimum atomic E-state index is -0.169. The van der Waals surface area contributed by atoms with Gasteiger partial charge in [0.2, 0.25) is 0 Å². The summed E-state index contributed by atoms with van der Waals surface area (Å²) >= 11 is 1.49. The Morgan fingerprint density at radius 2 is 1.79 bits per heavy atom. The van der Waals surface area contributed by atoms with Crippen molar-refractivity contribution in [3.05, 3.63) is 64.5 Å². The highest BCUT2D eigenvalue weighted by Gasteiger charge is 2.13. The van der Waals surface area contributed by atoms with E-state index in [1.54, 1.807) is 12.1 Å². The number of nitrogens with one attached hydrogen (secondary N) is 1. The van der Waals surface area contributed by atoms with Crippen LogP contribution in [0.25, 0.3) is 11.3 Å². The predicted octanol–water partition coefficient (Wildman–Crippen LogP) is 6.28. The number of amides is 1. The first kappa shape index (κ1) is 20.1. The molecule has 0 saturated heterocycles. The molecule has 0 radical (unpaired) electrons. The Morgan fingerprint density at radius 3 is 2.39 bits per heavy atom. The molecule has 1 N–H and O–H groups in total. The van der Waals surface area contributed by atoms with Crippen LogP contribution in [0.2, 0.25) is 0 Å². The van der Waals surface area contributed by atoms with E-state index in [0.717, 1.165) is 28.3 Å². The van der Waals surface area contributed by atoms with Crippen LogP contribution < -0.4 is 10.1 Å². The maximum Gasteiger partial charge on any atom is 0.257 e. The number of rotatable bonds is 7. The summed E-state index contributed by atoms with van der Waals surface area (Å²) < 4.78 is 5.56. The molecule has 0 atom stereocenters. The minimum Gasteiger partial charge on any atom is -0.494 e. The van der Waals surface area contributed by atoms with Crippen LogP contribution in [0, 0.1) is 6.92 Å². The van der Waals surface area contributed by atoms with Crippen LogP contribution in [0.3, 0.4) is 0 Å². The number of hydrogen-bond donors (Lipinski definition) is 1. The number of hydrogen-bond acceptors (Lipinski definition) is 4. The fourth-order valence-electron chi connectivity index (χ4n) is 2.84. The quantitative estimate of drug-likeness (QED) is 0.513. The van der Waals surface area contributed by atoms with Crippen molar-refractivity contribution in [3.63, 3.8) is 0 Å². The van der Waals surface area contributed by atoms with Crippen LogP contribution in [0.5, 0.6) is 5.75 Å². The molecule has 2 aromatic carbocycles. The van der Waals surface area contributed by atoms with Crippen molar-refractivity contribution in [2.45, 2.75) is 40.0 Å². The monoisotopic (exact) mass is 394 g/mol. The Hall–Kier alpha value is -2.66. The van der Waals surface area contributed by atoms with Crippen molar-refractivity contribution in [2.75, 3.05) is 11.9 Å². The zero-order valence-electron chi connectivity index (χ0n) is 16.8. The summed E-state index contributed by atoms with van der Waals surface area (Å²) in [6.45, 7) is 9.12. The van der Waals surface area contributed by atoms with Crippen molar-refractivity contribution < 1.29 is 9.53 Å².